The number of carbonyl (C=O) groups excluding carboxylic acids is 2. The summed E-state index contributed by atoms with van der Waals surface area (Å²) >= 11 is 13.7. The molecule has 10 heteroatoms. The Bertz CT molecular complexity index is 1490. The van der Waals surface area contributed by atoms with E-state index in [4.69, 9.17) is 27.9 Å². The van der Waals surface area contributed by atoms with Gasteiger partial charge in [-0.05, 0) is 53.6 Å². The van der Waals surface area contributed by atoms with Crippen LogP contribution in [-0.2, 0) is 11.4 Å². The third-order valence-corrected chi connectivity index (χ3v) is 7.75. The second-order valence-corrected chi connectivity index (χ2v) is 10.9. The molecule has 196 valence electrons. The summed E-state index contributed by atoms with van der Waals surface area (Å²) in [7, 11) is 3.44. The molecule has 4 rings (SSSR count). The summed E-state index contributed by atoms with van der Waals surface area (Å²) in [5, 5.41) is 13.1. The summed E-state index contributed by atoms with van der Waals surface area (Å²) in [6.07, 6.45) is 0.350. The Hall–Kier alpha value is -2.26. The Labute approximate surface area is 264 Å². The van der Waals surface area contributed by atoms with E-state index in [2.05, 4.69) is 4.98 Å². The van der Waals surface area contributed by atoms with E-state index in [1.165, 1.54) is 6.07 Å². The molecule has 0 bridgehead atoms. The van der Waals surface area contributed by atoms with Crippen molar-refractivity contribution in [1.82, 2.24) is 9.88 Å². The largest absolute Gasteiger partial charge is 1.00 e. The number of halogens is 2. The standard InChI is InChI=1S/C29H26Cl2N2O4S.Na/c1-33(2)27(34)12-13-38-28(20-8-11-25(31)24(15-20)29(35)36)19-4-3-5-23(14-19)37-17-22-10-7-18-6-9-21(30)16-26(18)32-22;/h3-11,14-16,28H,12-13,17H2,1-2H3,(H,35,36);/q;+1/p-1. The molecule has 1 aromatic heterocycles. The van der Waals surface area contributed by atoms with Crippen LogP contribution in [0, 0.1) is 0 Å². The van der Waals surface area contributed by atoms with E-state index in [1.54, 1.807) is 42.9 Å². The Balaban J connectivity index is 0.00000420. The van der Waals surface area contributed by atoms with E-state index in [0.29, 0.717) is 22.9 Å². The minimum atomic E-state index is -1.34. The molecule has 0 saturated heterocycles. The van der Waals surface area contributed by atoms with E-state index < -0.39 is 5.97 Å². The summed E-state index contributed by atoms with van der Waals surface area (Å²) in [5.41, 5.74) is 3.11. The summed E-state index contributed by atoms with van der Waals surface area (Å²) in [6.45, 7) is 0.261. The van der Waals surface area contributed by atoms with Crippen LogP contribution in [0.25, 0.3) is 10.9 Å². The molecule has 1 atom stereocenters. The Morgan fingerprint density at radius 3 is 2.49 bits per heavy atom. The first-order valence-electron chi connectivity index (χ1n) is 11.8. The van der Waals surface area contributed by atoms with E-state index in [9.17, 15) is 14.7 Å². The van der Waals surface area contributed by atoms with Crippen LogP contribution >= 0.6 is 35.0 Å². The van der Waals surface area contributed by atoms with Gasteiger partial charge in [0.05, 0.1) is 22.4 Å². The van der Waals surface area contributed by atoms with Crippen molar-refractivity contribution < 1.29 is 49.0 Å². The average Bonchev–Trinajstić information content (AvgIpc) is 2.90. The monoisotopic (exact) mass is 590 g/mol. The van der Waals surface area contributed by atoms with Gasteiger partial charge in [0.25, 0.3) is 0 Å². The molecule has 0 radical (unpaired) electrons. The maximum absolute atomic E-state index is 12.1. The Morgan fingerprint density at radius 1 is 1.00 bits per heavy atom. The smallest absolute Gasteiger partial charge is 0.545 e. The van der Waals surface area contributed by atoms with E-state index >= 15 is 0 Å². The van der Waals surface area contributed by atoms with E-state index in [0.717, 1.165) is 27.7 Å². The van der Waals surface area contributed by atoms with Gasteiger partial charge in [0.2, 0.25) is 5.91 Å². The number of amides is 1. The average molecular weight is 591 g/mol. The maximum atomic E-state index is 12.1. The van der Waals surface area contributed by atoms with Gasteiger partial charge in [-0.3, -0.25) is 4.79 Å². The molecule has 6 nitrogen and oxygen atoms in total. The number of thioether (sulfide) groups is 1. The first-order valence-corrected chi connectivity index (χ1v) is 13.6. The van der Waals surface area contributed by atoms with Crippen molar-refractivity contribution >= 4 is 57.7 Å². The molecule has 0 spiro atoms. The summed E-state index contributed by atoms with van der Waals surface area (Å²) in [4.78, 5) is 29.9. The number of carboxylic acids is 1. The number of nitrogens with zero attached hydrogens (tertiary/aromatic N) is 2. The molecule has 0 aliphatic rings. The van der Waals surface area contributed by atoms with Gasteiger partial charge in [-0.15, -0.1) is 11.8 Å². The number of carbonyl (C=O) groups is 2. The zero-order chi connectivity index (χ0) is 27.2. The number of hydrogen-bond acceptors (Lipinski definition) is 6. The van der Waals surface area contributed by atoms with Crippen LogP contribution in [0.1, 0.15) is 38.8 Å². The van der Waals surface area contributed by atoms with Crippen LogP contribution in [-0.4, -0.2) is 41.6 Å². The van der Waals surface area contributed by atoms with Crippen molar-refractivity contribution in [3.05, 3.63) is 105 Å². The van der Waals surface area contributed by atoms with Crippen molar-refractivity contribution in [2.45, 2.75) is 18.3 Å². The number of benzene rings is 3. The quantitative estimate of drug-likeness (QED) is 0.264. The van der Waals surface area contributed by atoms with Gasteiger partial charge >= 0.3 is 29.6 Å². The number of fused-ring (bicyclic) bond motifs is 1. The van der Waals surface area contributed by atoms with Gasteiger partial charge in [-0.1, -0.05) is 53.5 Å². The molecule has 39 heavy (non-hydrogen) atoms. The summed E-state index contributed by atoms with van der Waals surface area (Å²) < 4.78 is 6.06. The van der Waals surface area contributed by atoms with Crippen molar-refractivity contribution in [1.29, 1.82) is 0 Å². The number of ether oxygens (including phenoxy) is 1. The fraction of sp³-hybridized carbons (Fsp3) is 0.207. The number of rotatable bonds is 10. The number of aromatic nitrogens is 1. The minimum absolute atomic E-state index is 0. The maximum Gasteiger partial charge on any atom is 1.00 e. The third kappa shape index (κ3) is 8.37. The van der Waals surface area contributed by atoms with E-state index in [1.807, 2.05) is 54.6 Å². The van der Waals surface area contributed by atoms with Crippen molar-refractivity contribution in [2.75, 3.05) is 19.8 Å². The molecule has 1 amide bonds. The number of carboxylic acid groups (broad SMARTS) is 1. The van der Waals surface area contributed by atoms with Crippen LogP contribution in [0.2, 0.25) is 10.0 Å². The van der Waals surface area contributed by atoms with Crippen LogP contribution in [0.15, 0.2) is 72.8 Å². The van der Waals surface area contributed by atoms with Gasteiger partial charge in [0, 0.05) is 47.3 Å². The first-order chi connectivity index (χ1) is 18.2. The van der Waals surface area contributed by atoms with E-state index in [-0.39, 0.29) is 57.9 Å². The zero-order valence-electron chi connectivity index (χ0n) is 21.8. The van der Waals surface area contributed by atoms with Crippen molar-refractivity contribution in [3.8, 4) is 5.75 Å². The zero-order valence-corrected chi connectivity index (χ0v) is 26.1. The summed E-state index contributed by atoms with van der Waals surface area (Å²) in [5.74, 6) is -0.146. The number of hydrogen-bond donors (Lipinski definition) is 0. The van der Waals surface area contributed by atoms with Crippen LogP contribution in [0.5, 0.6) is 5.75 Å². The molecule has 0 saturated carbocycles. The second kappa shape index (κ2) is 14.4. The molecule has 1 unspecified atom stereocenters. The van der Waals surface area contributed by atoms with Gasteiger partial charge < -0.3 is 19.5 Å². The summed E-state index contributed by atoms with van der Waals surface area (Å²) in [6, 6.07) is 21.9. The molecular formula is C29H25Cl2N2NaO4S. The Kier molecular flexibility index (Phi) is 11.5. The topological polar surface area (TPSA) is 82.6 Å². The molecule has 4 aromatic rings. The molecule has 0 aliphatic heterocycles. The molecule has 3 aromatic carbocycles. The first kappa shape index (κ1) is 31.3. The van der Waals surface area contributed by atoms with Crippen LogP contribution in [0.4, 0.5) is 0 Å². The van der Waals surface area contributed by atoms with Gasteiger partial charge in [0.15, 0.2) is 0 Å². The van der Waals surface area contributed by atoms with Gasteiger partial charge in [-0.25, -0.2) is 4.98 Å². The predicted octanol–water partition coefficient (Wildman–Crippen LogP) is 2.79. The fourth-order valence-electron chi connectivity index (χ4n) is 3.87. The van der Waals surface area contributed by atoms with Crippen molar-refractivity contribution in [3.63, 3.8) is 0 Å². The third-order valence-electron chi connectivity index (χ3n) is 5.87. The Morgan fingerprint density at radius 2 is 1.74 bits per heavy atom. The molecule has 0 aliphatic carbocycles. The number of aromatic carboxylic acids is 1. The second-order valence-electron chi connectivity index (χ2n) is 8.82. The van der Waals surface area contributed by atoms with Crippen LogP contribution < -0.4 is 39.4 Å². The SMILES string of the molecule is CN(C)C(=O)CCSC(c1cccc(OCc2ccc3ccc(Cl)cc3n2)c1)c1ccc(Cl)c(C(=O)[O-])c1.[Na+]. The molecule has 0 N–H and O–H groups in total. The molecule has 1 heterocycles. The van der Waals surface area contributed by atoms with Crippen LogP contribution in [0.3, 0.4) is 0 Å². The minimum Gasteiger partial charge on any atom is -0.545 e. The normalized spacial score (nSPS) is 11.5. The van der Waals surface area contributed by atoms with Crippen molar-refractivity contribution in [2.24, 2.45) is 0 Å². The fourth-order valence-corrected chi connectivity index (χ4v) is 5.44. The van der Waals surface area contributed by atoms with Gasteiger partial charge in [-0.2, -0.15) is 0 Å². The number of pyridine rings is 1. The predicted molar refractivity (Wildman–Crippen MR) is 151 cm³/mol. The molecular weight excluding hydrogens is 566 g/mol. The molecule has 0 fully saturated rings. The van der Waals surface area contributed by atoms with Gasteiger partial charge in [0.1, 0.15) is 12.4 Å².